The molecule has 1 aliphatic heterocycles. The van der Waals surface area contributed by atoms with E-state index in [1.807, 2.05) is 73.7 Å². The quantitative estimate of drug-likeness (QED) is 0.277. The number of thiazole rings is 1. The lowest BCUT2D eigenvalue weighted by Gasteiger charge is -2.22. The van der Waals surface area contributed by atoms with E-state index in [4.69, 9.17) is 0 Å². The number of benzene rings is 3. The zero-order valence-electron chi connectivity index (χ0n) is 16.6. The molecule has 31 heavy (non-hydrogen) atoms. The highest BCUT2D eigenvalue weighted by Crippen LogP contribution is 2.44. The van der Waals surface area contributed by atoms with Crippen LogP contribution in [0.5, 0.6) is 0 Å². The monoisotopic (exact) mass is 426 g/mol. The number of aliphatic hydroxyl groups excluding tert-OH is 1. The largest absolute Gasteiger partial charge is 0.507 e. The fourth-order valence-corrected chi connectivity index (χ4v) is 4.80. The van der Waals surface area contributed by atoms with E-state index in [0.29, 0.717) is 10.7 Å². The van der Waals surface area contributed by atoms with Gasteiger partial charge < -0.3 is 5.11 Å². The van der Waals surface area contributed by atoms with Gasteiger partial charge in [-0.2, -0.15) is 0 Å². The molecule has 0 aliphatic carbocycles. The number of rotatable bonds is 3. The molecule has 1 amide bonds. The van der Waals surface area contributed by atoms with Crippen molar-refractivity contribution in [2.75, 3.05) is 4.90 Å². The fourth-order valence-electron chi connectivity index (χ4n) is 3.81. The maximum Gasteiger partial charge on any atom is 0.301 e. The van der Waals surface area contributed by atoms with Crippen molar-refractivity contribution < 1.29 is 14.7 Å². The number of hydrogen-bond acceptors (Lipinski definition) is 5. The predicted octanol–water partition coefficient (Wildman–Crippen LogP) is 5.23. The van der Waals surface area contributed by atoms with E-state index in [2.05, 4.69) is 4.98 Å². The molecule has 0 saturated carbocycles. The topological polar surface area (TPSA) is 70.5 Å². The van der Waals surface area contributed by atoms with Crippen LogP contribution in [0.1, 0.15) is 22.7 Å². The Balaban J connectivity index is 1.73. The van der Waals surface area contributed by atoms with E-state index < -0.39 is 17.7 Å². The highest BCUT2D eigenvalue weighted by Gasteiger charge is 2.48. The number of carbonyl (C=O) groups is 2. The number of aryl methyl sites for hydroxylation is 1. The van der Waals surface area contributed by atoms with Gasteiger partial charge in [-0.05, 0) is 24.6 Å². The number of amides is 1. The van der Waals surface area contributed by atoms with Gasteiger partial charge in [0.2, 0.25) is 0 Å². The summed E-state index contributed by atoms with van der Waals surface area (Å²) in [6.07, 6.45) is 0. The van der Waals surface area contributed by atoms with Gasteiger partial charge in [0.05, 0.1) is 21.8 Å². The fraction of sp³-hybridized carbons (Fsp3) is 0.0800. The van der Waals surface area contributed by atoms with Crippen LogP contribution < -0.4 is 4.90 Å². The minimum Gasteiger partial charge on any atom is -0.507 e. The summed E-state index contributed by atoms with van der Waals surface area (Å²) in [6.45, 7) is 1.94. The van der Waals surface area contributed by atoms with Crippen LogP contribution in [0.25, 0.3) is 16.0 Å². The molecule has 1 atom stereocenters. The van der Waals surface area contributed by atoms with E-state index in [0.717, 1.165) is 21.3 Å². The lowest BCUT2D eigenvalue weighted by Crippen LogP contribution is -2.29. The molecule has 4 aromatic rings. The van der Waals surface area contributed by atoms with E-state index >= 15 is 0 Å². The maximum atomic E-state index is 13.2. The second-order valence-corrected chi connectivity index (χ2v) is 8.42. The van der Waals surface area contributed by atoms with Crippen molar-refractivity contribution >= 4 is 44.1 Å². The second kappa shape index (κ2) is 7.49. The van der Waals surface area contributed by atoms with Gasteiger partial charge in [-0.25, -0.2) is 4.98 Å². The Kier molecular flexibility index (Phi) is 4.64. The van der Waals surface area contributed by atoms with Gasteiger partial charge in [0.15, 0.2) is 5.13 Å². The molecule has 5 rings (SSSR count). The van der Waals surface area contributed by atoms with Crippen LogP contribution in [0, 0.1) is 6.92 Å². The molecular weight excluding hydrogens is 408 g/mol. The zero-order chi connectivity index (χ0) is 21.5. The van der Waals surface area contributed by atoms with E-state index in [1.54, 1.807) is 12.1 Å². The first-order valence-corrected chi connectivity index (χ1v) is 10.6. The first-order valence-electron chi connectivity index (χ1n) is 9.83. The van der Waals surface area contributed by atoms with Crippen LogP contribution in [0.15, 0.2) is 84.4 Å². The Morgan fingerprint density at radius 2 is 1.61 bits per heavy atom. The molecule has 5 nitrogen and oxygen atoms in total. The van der Waals surface area contributed by atoms with Crippen molar-refractivity contribution in [1.29, 1.82) is 0 Å². The number of aromatic nitrogens is 1. The average Bonchev–Trinajstić information content (AvgIpc) is 3.33. The third-order valence-electron chi connectivity index (χ3n) is 5.37. The Morgan fingerprint density at radius 1 is 0.935 bits per heavy atom. The molecule has 6 heteroatoms. The SMILES string of the molecule is Cc1ccc(C(O)=C2C(=O)C(=O)N(c3nc4ccccc4s3)[C@H]2c2ccccc2)cc1. The van der Waals surface area contributed by atoms with Crippen LogP contribution in [-0.4, -0.2) is 21.8 Å². The summed E-state index contributed by atoms with van der Waals surface area (Å²) >= 11 is 1.35. The molecule has 1 saturated heterocycles. The molecule has 0 unspecified atom stereocenters. The van der Waals surface area contributed by atoms with Crippen LogP contribution in [0.3, 0.4) is 0 Å². The van der Waals surface area contributed by atoms with Crippen LogP contribution in [-0.2, 0) is 9.59 Å². The standard InChI is InChI=1S/C25H18N2O3S/c1-15-11-13-17(14-12-15)22(28)20-21(16-7-3-2-4-8-16)27(24(30)23(20)29)25-26-18-9-5-6-10-19(18)31-25/h2-14,21,28H,1H3/t21-/m0/s1. The molecule has 1 aromatic heterocycles. The van der Waals surface area contributed by atoms with Gasteiger partial charge in [0, 0.05) is 5.56 Å². The van der Waals surface area contributed by atoms with Crippen molar-refractivity contribution in [1.82, 2.24) is 4.98 Å². The minimum atomic E-state index is -0.761. The second-order valence-electron chi connectivity index (χ2n) is 7.41. The third-order valence-corrected chi connectivity index (χ3v) is 6.41. The molecule has 1 aliphatic rings. The van der Waals surface area contributed by atoms with Gasteiger partial charge >= 0.3 is 5.91 Å². The minimum absolute atomic E-state index is 0.0688. The zero-order valence-corrected chi connectivity index (χ0v) is 17.5. The number of carbonyl (C=O) groups excluding carboxylic acids is 2. The van der Waals surface area contributed by atoms with Crippen molar-refractivity contribution in [2.45, 2.75) is 13.0 Å². The normalized spacial score (nSPS) is 18.1. The number of Topliss-reactive ketones (excluding diaryl/α,β-unsaturated/α-hetero) is 1. The molecular formula is C25H18N2O3S. The molecule has 2 heterocycles. The maximum absolute atomic E-state index is 13.2. The lowest BCUT2D eigenvalue weighted by atomic mass is 9.95. The van der Waals surface area contributed by atoms with Gasteiger partial charge in [0.25, 0.3) is 5.78 Å². The van der Waals surface area contributed by atoms with Gasteiger partial charge in [-0.3, -0.25) is 14.5 Å². The number of aliphatic hydroxyl groups is 1. The molecule has 0 bridgehead atoms. The molecule has 0 spiro atoms. The van der Waals surface area contributed by atoms with Crippen molar-refractivity contribution in [3.63, 3.8) is 0 Å². The van der Waals surface area contributed by atoms with Gasteiger partial charge in [-0.1, -0.05) is 83.6 Å². The highest BCUT2D eigenvalue weighted by molar-refractivity contribution is 7.22. The van der Waals surface area contributed by atoms with Crippen LogP contribution in [0.4, 0.5) is 5.13 Å². The average molecular weight is 426 g/mol. The molecule has 152 valence electrons. The number of hydrogen-bond donors (Lipinski definition) is 1. The van der Waals surface area contributed by atoms with E-state index in [9.17, 15) is 14.7 Å². The van der Waals surface area contributed by atoms with E-state index in [-0.39, 0.29) is 11.3 Å². The first-order chi connectivity index (χ1) is 15.0. The molecule has 1 fully saturated rings. The predicted molar refractivity (Wildman–Crippen MR) is 122 cm³/mol. The van der Waals surface area contributed by atoms with Crippen LogP contribution in [0.2, 0.25) is 0 Å². The van der Waals surface area contributed by atoms with Gasteiger partial charge in [0.1, 0.15) is 5.76 Å². The third kappa shape index (κ3) is 3.21. The van der Waals surface area contributed by atoms with Crippen molar-refractivity contribution in [3.05, 3.63) is 101 Å². The summed E-state index contributed by atoms with van der Waals surface area (Å²) in [4.78, 5) is 32.3. The Bertz CT molecular complexity index is 1310. The summed E-state index contributed by atoms with van der Waals surface area (Å²) in [5.74, 6) is -1.59. The number of anilines is 1. The summed E-state index contributed by atoms with van der Waals surface area (Å²) in [7, 11) is 0. The number of ketones is 1. The summed E-state index contributed by atoms with van der Waals surface area (Å²) in [5, 5.41) is 11.5. The highest BCUT2D eigenvalue weighted by atomic mass is 32.1. The lowest BCUT2D eigenvalue weighted by molar-refractivity contribution is -0.132. The summed E-state index contributed by atoms with van der Waals surface area (Å²) in [6, 6.07) is 23.3. The smallest absolute Gasteiger partial charge is 0.301 e. The van der Waals surface area contributed by atoms with E-state index in [1.165, 1.54) is 16.2 Å². The summed E-state index contributed by atoms with van der Waals surface area (Å²) < 4.78 is 0.921. The number of nitrogens with zero attached hydrogens (tertiary/aromatic N) is 2. The molecule has 3 aromatic carbocycles. The summed E-state index contributed by atoms with van der Waals surface area (Å²) in [5.41, 5.74) is 3.09. The van der Waals surface area contributed by atoms with Crippen molar-refractivity contribution in [3.8, 4) is 0 Å². The first kappa shape index (κ1) is 19.2. The van der Waals surface area contributed by atoms with Gasteiger partial charge in [-0.15, -0.1) is 0 Å². The Hall–Kier alpha value is -3.77. The number of para-hydroxylation sites is 1. The number of fused-ring (bicyclic) bond motifs is 1. The Labute approximate surface area is 182 Å². The van der Waals surface area contributed by atoms with Crippen molar-refractivity contribution in [2.24, 2.45) is 0 Å². The molecule has 0 radical (unpaired) electrons. The Morgan fingerprint density at radius 3 is 2.32 bits per heavy atom. The van der Waals surface area contributed by atoms with Crippen LogP contribution >= 0.6 is 11.3 Å². The molecule has 1 N–H and O–H groups in total.